The molecule has 0 radical (unpaired) electrons. The molecular formula is C13H19N5O2. The second-order valence-electron chi connectivity index (χ2n) is 4.92. The largest absolute Gasteiger partial charge is 0.344 e. The van der Waals surface area contributed by atoms with Crippen LogP contribution in [0.25, 0.3) is 0 Å². The average molecular weight is 277 g/mol. The molecule has 2 amide bonds. The first kappa shape index (κ1) is 14.3. The van der Waals surface area contributed by atoms with E-state index < -0.39 is 0 Å². The Hall–Kier alpha value is -2.15. The van der Waals surface area contributed by atoms with Crippen molar-refractivity contribution >= 4 is 17.6 Å². The molecule has 2 heterocycles. The fourth-order valence-electron chi connectivity index (χ4n) is 2.21. The molecule has 108 valence electrons. The fourth-order valence-corrected chi connectivity index (χ4v) is 2.21. The number of amides is 2. The van der Waals surface area contributed by atoms with Crippen LogP contribution in [0.3, 0.4) is 0 Å². The van der Waals surface area contributed by atoms with E-state index in [1.165, 1.54) is 0 Å². The number of likely N-dealkylation sites (N-methyl/N-ethyl adjacent to an activating group) is 1. The van der Waals surface area contributed by atoms with E-state index in [9.17, 15) is 9.59 Å². The Morgan fingerprint density at radius 1 is 1.40 bits per heavy atom. The number of aryl methyl sites for hydroxylation is 1. The minimum atomic E-state index is -0.171. The van der Waals surface area contributed by atoms with Gasteiger partial charge in [-0.2, -0.15) is 0 Å². The van der Waals surface area contributed by atoms with Crippen LogP contribution in [0, 0.1) is 6.92 Å². The molecule has 1 fully saturated rings. The third kappa shape index (κ3) is 3.05. The number of nitrogens with two attached hydrogens (primary N) is 1. The standard InChI is InChI=1S/C13H19N5O2/c1-9-6-10(7-11(15-9)16-14)13(20)18-5-3-4-17(2)12(19)8-18/h6-7H,3-5,8,14H2,1-2H3,(H,15,16). The lowest BCUT2D eigenvalue weighted by Gasteiger charge is -2.20. The highest BCUT2D eigenvalue weighted by atomic mass is 16.2. The van der Waals surface area contributed by atoms with Crippen LogP contribution >= 0.6 is 0 Å². The van der Waals surface area contributed by atoms with Gasteiger partial charge in [0.05, 0.1) is 0 Å². The smallest absolute Gasteiger partial charge is 0.254 e. The van der Waals surface area contributed by atoms with Gasteiger partial charge in [0.25, 0.3) is 5.91 Å². The van der Waals surface area contributed by atoms with Gasteiger partial charge in [-0.3, -0.25) is 9.59 Å². The van der Waals surface area contributed by atoms with E-state index in [1.807, 2.05) is 0 Å². The van der Waals surface area contributed by atoms with Crippen LogP contribution in [-0.2, 0) is 4.79 Å². The van der Waals surface area contributed by atoms with Crippen molar-refractivity contribution in [3.8, 4) is 0 Å². The van der Waals surface area contributed by atoms with Gasteiger partial charge in [0.2, 0.25) is 5.91 Å². The maximum absolute atomic E-state index is 12.5. The topological polar surface area (TPSA) is 91.6 Å². The van der Waals surface area contributed by atoms with Crippen LogP contribution in [-0.4, -0.2) is 53.3 Å². The summed E-state index contributed by atoms with van der Waals surface area (Å²) in [7, 11) is 1.75. The van der Waals surface area contributed by atoms with Crippen LogP contribution in [0.15, 0.2) is 12.1 Å². The molecule has 2 rings (SSSR count). The molecule has 7 heteroatoms. The second kappa shape index (κ2) is 5.87. The van der Waals surface area contributed by atoms with Gasteiger partial charge in [-0.1, -0.05) is 0 Å². The minimum absolute atomic E-state index is 0.0428. The maximum atomic E-state index is 12.5. The van der Waals surface area contributed by atoms with Crippen molar-refractivity contribution in [3.05, 3.63) is 23.4 Å². The number of nitrogens with zero attached hydrogens (tertiary/aromatic N) is 3. The third-order valence-corrected chi connectivity index (χ3v) is 3.31. The molecule has 7 nitrogen and oxygen atoms in total. The highest BCUT2D eigenvalue weighted by molar-refractivity contribution is 5.97. The number of anilines is 1. The lowest BCUT2D eigenvalue weighted by atomic mass is 10.2. The normalized spacial score (nSPS) is 16.1. The summed E-state index contributed by atoms with van der Waals surface area (Å²) in [6.07, 6.45) is 0.778. The monoisotopic (exact) mass is 277 g/mol. The van der Waals surface area contributed by atoms with Gasteiger partial charge in [0, 0.05) is 31.4 Å². The molecule has 20 heavy (non-hydrogen) atoms. The predicted octanol–water partition coefficient (Wildman–Crippen LogP) is -0.0201. The van der Waals surface area contributed by atoms with E-state index in [-0.39, 0.29) is 18.4 Å². The molecule has 0 unspecified atom stereocenters. The number of pyridine rings is 1. The lowest BCUT2D eigenvalue weighted by molar-refractivity contribution is -0.129. The Balaban J connectivity index is 2.22. The molecule has 1 aliphatic heterocycles. The van der Waals surface area contributed by atoms with Crippen molar-refractivity contribution < 1.29 is 9.59 Å². The number of hydrogen-bond acceptors (Lipinski definition) is 5. The summed E-state index contributed by atoms with van der Waals surface area (Å²) in [5.41, 5.74) is 3.62. The van der Waals surface area contributed by atoms with Crippen LogP contribution < -0.4 is 11.3 Å². The molecule has 1 saturated heterocycles. The Morgan fingerprint density at radius 3 is 2.85 bits per heavy atom. The molecule has 0 aromatic carbocycles. The zero-order valence-corrected chi connectivity index (χ0v) is 11.7. The lowest BCUT2D eigenvalue weighted by Crippen LogP contribution is -2.38. The van der Waals surface area contributed by atoms with E-state index >= 15 is 0 Å². The number of nitrogen functional groups attached to an aromatic ring is 1. The van der Waals surface area contributed by atoms with Gasteiger partial charge in [0.15, 0.2) is 0 Å². The van der Waals surface area contributed by atoms with E-state index in [4.69, 9.17) is 5.84 Å². The van der Waals surface area contributed by atoms with Crippen LogP contribution in [0.2, 0.25) is 0 Å². The summed E-state index contributed by atoms with van der Waals surface area (Å²) < 4.78 is 0. The fraction of sp³-hybridized carbons (Fsp3) is 0.462. The summed E-state index contributed by atoms with van der Waals surface area (Å²) in [6.45, 7) is 3.15. The van der Waals surface area contributed by atoms with Crippen LogP contribution in [0.5, 0.6) is 0 Å². The summed E-state index contributed by atoms with van der Waals surface area (Å²) in [5.74, 6) is 5.56. The zero-order valence-electron chi connectivity index (χ0n) is 11.7. The number of hydrazine groups is 1. The summed E-state index contributed by atoms with van der Waals surface area (Å²) in [6, 6.07) is 3.29. The van der Waals surface area contributed by atoms with Gasteiger partial charge < -0.3 is 15.2 Å². The highest BCUT2D eigenvalue weighted by Gasteiger charge is 2.24. The van der Waals surface area contributed by atoms with Gasteiger partial charge in [-0.05, 0) is 25.5 Å². The Bertz CT molecular complexity index is 531. The number of aromatic nitrogens is 1. The molecule has 1 aromatic heterocycles. The van der Waals surface area contributed by atoms with Crippen molar-refractivity contribution in [2.75, 3.05) is 32.1 Å². The number of carbonyl (C=O) groups is 2. The summed E-state index contributed by atoms with van der Waals surface area (Å²) in [4.78, 5) is 31.7. The highest BCUT2D eigenvalue weighted by Crippen LogP contribution is 2.13. The van der Waals surface area contributed by atoms with Gasteiger partial charge in [-0.25, -0.2) is 10.8 Å². The molecule has 0 bridgehead atoms. The van der Waals surface area contributed by atoms with Crippen molar-refractivity contribution in [3.63, 3.8) is 0 Å². The van der Waals surface area contributed by atoms with Gasteiger partial charge in [0.1, 0.15) is 12.4 Å². The van der Waals surface area contributed by atoms with Crippen molar-refractivity contribution in [2.45, 2.75) is 13.3 Å². The number of hydrogen-bond donors (Lipinski definition) is 2. The number of carbonyl (C=O) groups excluding carboxylic acids is 2. The van der Waals surface area contributed by atoms with Crippen molar-refractivity contribution in [1.82, 2.24) is 14.8 Å². The maximum Gasteiger partial charge on any atom is 0.254 e. The van der Waals surface area contributed by atoms with Crippen molar-refractivity contribution in [2.24, 2.45) is 5.84 Å². The Labute approximate surface area is 117 Å². The number of nitrogens with one attached hydrogen (secondary N) is 1. The first-order chi connectivity index (χ1) is 9.51. The summed E-state index contributed by atoms with van der Waals surface area (Å²) in [5, 5.41) is 0. The first-order valence-corrected chi connectivity index (χ1v) is 6.50. The molecule has 0 atom stereocenters. The number of rotatable bonds is 2. The average Bonchev–Trinajstić information content (AvgIpc) is 2.59. The zero-order chi connectivity index (χ0) is 14.7. The molecular weight excluding hydrogens is 258 g/mol. The molecule has 1 aromatic rings. The van der Waals surface area contributed by atoms with Crippen molar-refractivity contribution in [1.29, 1.82) is 0 Å². The van der Waals surface area contributed by atoms with E-state index in [2.05, 4.69) is 10.4 Å². The quantitative estimate of drug-likeness (QED) is 0.585. The van der Waals surface area contributed by atoms with Crippen LogP contribution in [0.4, 0.5) is 5.82 Å². The first-order valence-electron chi connectivity index (χ1n) is 6.50. The minimum Gasteiger partial charge on any atom is -0.344 e. The molecule has 0 saturated carbocycles. The Morgan fingerprint density at radius 2 is 2.15 bits per heavy atom. The summed E-state index contributed by atoms with van der Waals surface area (Å²) >= 11 is 0. The van der Waals surface area contributed by atoms with Gasteiger partial charge >= 0.3 is 0 Å². The molecule has 1 aliphatic rings. The SMILES string of the molecule is Cc1cc(C(=O)N2CCCN(C)C(=O)C2)cc(NN)n1. The molecule has 3 N–H and O–H groups in total. The van der Waals surface area contributed by atoms with Gasteiger partial charge in [-0.15, -0.1) is 0 Å². The van der Waals surface area contributed by atoms with E-state index in [0.29, 0.717) is 30.2 Å². The molecule has 0 aliphatic carbocycles. The molecule has 0 spiro atoms. The van der Waals surface area contributed by atoms with E-state index in [1.54, 1.807) is 35.9 Å². The van der Waals surface area contributed by atoms with Crippen LogP contribution in [0.1, 0.15) is 22.5 Å². The predicted molar refractivity (Wildman–Crippen MR) is 74.9 cm³/mol. The second-order valence-corrected chi connectivity index (χ2v) is 4.92. The van der Waals surface area contributed by atoms with E-state index in [0.717, 1.165) is 6.42 Å². The third-order valence-electron chi connectivity index (χ3n) is 3.31. The Kier molecular flexibility index (Phi) is 4.19.